The molecule has 12 heavy (non-hydrogen) atoms. The summed E-state index contributed by atoms with van der Waals surface area (Å²) in [5, 5.41) is 4.58. The lowest BCUT2D eigenvalue weighted by molar-refractivity contribution is -0.148. The van der Waals surface area contributed by atoms with Gasteiger partial charge >= 0.3 is 6.18 Å². The summed E-state index contributed by atoms with van der Waals surface area (Å²) in [5.41, 5.74) is 4.87. The second kappa shape index (κ2) is 3.36. The van der Waals surface area contributed by atoms with Gasteiger partial charge in [-0.3, -0.25) is 0 Å². The number of nitrogens with zero attached hydrogens (tertiary/aromatic N) is 2. The zero-order valence-electron chi connectivity index (χ0n) is 5.88. The molecular formula is C5H6F3N3S. The van der Waals surface area contributed by atoms with E-state index in [0.29, 0.717) is 0 Å². The van der Waals surface area contributed by atoms with Crippen LogP contribution in [0.15, 0.2) is 5.38 Å². The highest BCUT2D eigenvalue weighted by atomic mass is 32.1. The zero-order valence-corrected chi connectivity index (χ0v) is 6.69. The van der Waals surface area contributed by atoms with Crippen LogP contribution in [0.3, 0.4) is 0 Å². The van der Waals surface area contributed by atoms with Crippen LogP contribution in [-0.2, 0) is 0 Å². The molecule has 1 unspecified atom stereocenters. The van der Waals surface area contributed by atoms with Crippen molar-refractivity contribution >= 4 is 11.5 Å². The van der Waals surface area contributed by atoms with Crippen molar-refractivity contribution in [1.29, 1.82) is 0 Å². The van der Waals surface area contributed by atoms with Crippen molar-refractivity contribution < 1.29 is 13.2 Å². The van der Waals surface area contributed by atoms with E-state index in [1.54, 1.807) is 0 Å². The standard InChI is InChI=1S/C5H6F3N3S/c6-5(7,8)3(1-9)4-2-12-11-10-4/h2-3H,1,9H2. The number of hydrogen-bond acceptors (Lipinski definition) is 4. The van der Waals surface area contributed by atoms with Gasteiger partial charge in [0.25, 0.3) is 0 Å². The molecule has 0 radical (unpaired) electrons. The largest absolute Gasteiger partial charge is 0.398 e. The molecule has 1 rings (SSSR count). The molecule has 0 bridgehead atoms. The summed E-state index contributed by atoms with van der Waals surface area (Å²) >= 11 is 0.883. The van der Waals surface area contributed by atoms with E-state index < -0.39 is 18.6 Å². The molecular weight excluding hydrogens is 191 g/mol. The van der Waals surface area contributed by atoms with Crippen molar-refractivity contribution in [1.82, 2.24) is 9.59 Å². The van der Waals surface area contributed by atoms with Gasteiger partial charge in [-0.15, -0.1) is 5.10 Å². The van der Waals surface area contributed by atoms with Gasteiger partial charge in [-0.25, -0.2) is 0 Å². The van der Waals surface area contributed by atoms with Gasteiger partial charge in [-0.1, -0.05) is 4.49 Å². The minimum Gasteiger partial charge on any atom is -0.329 e. The molecule has 1 aromatic heterocycles. The van der Waals surface area contributed by atoms with Crippen LogP contribution < -0.4 is 5.73 Å². The maximum absolute atomic E-state index is 12.1. The van der Waals surface area contributed by atoms with E-state index in [1.165, 1.54) is 5.38 Å². The lowest BCUT2D eigenvalue weighted by Crippen LogP contribution is -2.28. The van der Waals surface area contributed by atoms with Crippen molar-refractivity contribution in [3.05, 3.63) is 11.1 Å². The predicted molar refractivity (Wildman–Crippen MR) is 37.8 cm³/mol. The van der Waals surface area contributed by atoms with E-state index in [-0.39, 0.29) is 5.69 Å². The van der Waals surface area contributed by atoms with Crippen LogP contribution in [-0.4, -0.2) is 22.3 Å². The Bertz CT molecular complexity index is 233. The number of rotatable bonds is 2. The van der Waals surface area contributed by atoms with Crippen molar-refractivity contribution in [2.45, 2.75) is 12.1 Å². The van der Waals surface area contributed by atoms with Crippen molar-refractivity contribution in [3.8, 4) is 0 Å². The highest BCUT2D eigenvalue weighted by Gasteiger charge is 2.41. The maximum Gasteiger partial charge on any atom is 0.398 e. The molecule has 0 aliphatic heterocycles. The Morgan fingerprint density at radius 3 is 2.58 bits per heavy atom. The van der Waals surface area contributed by atoms with Gasteiger partial charge < -0.3 is 5.73 Å². The summed E-state index contributed by atoms with van der Waals surface area (Å²) in [6.45, 7) is -0.491. The van der Waals surface area contributed by atoms with Crippen LogP contribution in [0.1, 0.15) is 11.6 Å². The lowest BCUT2D eigenvalue weighted by Gasteiger charge is -2.14. The van der Waals surface area contributed by atoms with Crippen molar-refractivity contribution in [3.63, 3.8) is 0 Å². The molecule has 0 spiro atoms. The Morgan fingerprint density at radius 2 is 2.25 bits per heavy atom. The van der Waals surface area contributed by atoms with Crippen LogP contribution >= 0.6 is 11.5 Å². The molecule has 68 valence electrons. The van der Waals surface area contributed by atoms with Crippen LogP contribution in [0, 0.1) is 0 Å². The van der Waals surface area contributed by atoms with E-state index in [1.807, 2.05) is 0 Å². The fourth-order valence-corrected chi connectivity index (χ4v) is 1.25. The van der Waals surface area contributed by atoms with Crippen molar-refractivity contribution in [2.24, 2.45) is 5.73 Å². The van der Waals surface area contributed by atoms with Crippen LogP contribution in [0.2, 0.25) is 0 Å². The Hall–Kier alpha value is -0.690. The second-order valence-corrected chi connectivity index (χ2v) is 2.77. The van der Waals surface area contributed by atoms with Crippen LogP contribution in [0.4, 0.5) is 13.2 Å². The quantitative estimate of drug-likeness (QED) is 0.773. The average Bonchev–Trinajstić information content (AvgIpc) is 2.38. The molecule has 2 N–H and O–H groups in total. The molecule has 1 atom stereocenters. The van der Waals surface area contributed by atoms with E-state index in [0.717, 1.165) is 11.5 Å². The SMILES string of the molecule is NCC(c1csnn1)C(F)(F)F. The topological polar surface area (TPSA) is 51.8 Å². The van der Waals surface area contributed by atoms with Gasteiger partial charge in [0, 0.05) is 11.9 Å². The highest BCUT2D eigenvalue weighted by Crippen LogP contribution is 2.32. The normalized spacial score (nSPS) is 14.7. The van der Waals surface area contributed by atoms with Crippen molar-refractivity contribution in [2.75, 3.05) is 6.54 Å². The van der Waals surface area contributed by atoms with Gasteiger partial charge in [-0.2, -0.15) is 13.2 Å². The van der Waals surface area contributed by atoms with E-state index in [9.17, 15) is 13.2 Å². The average molecular weight is 197 g/mol. The number of aromatic nitrogens is 2. The highest BCUT2D eigenvalue weighted by molar-refractivity contribution is 7.03. The van der Waals surface area contributed by atoms with Crippen LogP contribution in [0.25, 0.3) is 0 Å². The third-order valence-electron chi connectivity index (χ3n) is 1.36. The molecule has 0 fully saturated rings. The molecule has 0 saturated heterocycles. The molecule has 0 aromatic carbocycles. The van der Waals surface area contributed by atoms with E-state index in [4.69, 9.17) is 5.73 Å². The Morgan fingerprint density at radius 1 is 1.58 bits per heavy atom. The third kappa shape index (κ3) is 1.92. The number of alkyl halides is 3. The second-order valence-electron chi connectivity index (χ2n) is 2.16. The molecule has 0 amide bonds. The Kier molecular flexibility index (Phi) is 2.63. The first kappa shape index (κ1) is 9.40. The fourth-order valence-electron chi connectivity index (χ4n) is 0.746. The predicted octanol–water partition coefficient (Wildman–Crippen LogP) is 1.14. The Labute approximate surface area is 70.6 Å². The van der Waals surface area contributed by atoms with E-state index in [2.05, 4.69) is 9.59 Å². The summed E-state index contributed by atoms with van der Waals surface area (Å²) in [6, 6.07) is 0. The summed E-state index contributed by atoms with van der Waals surface area (Å²) in [7, 11) is 0. The molecule has 1 heterocycles. The fraction of sp³-hybridized carbons (Fsp3) is 0.600. The molecule has 3 nitrogen and oxygen atoms in total. The summed E-state index contributed by atoms with van der Waals surface area (Å²) in [4.78, 5) is 0. The first-order valence-corrected chi connectivity index (χ1v) is 3.93. The number of hydrogen-bond donors (Lipinski definition) is 1. The minimum absolute atomic E-state index is 0.102. The number of halogens is 3. The van der Waals surface area contributed by atoms with Gasteiger partial charge in [0.15, 0.2) is 0 Å². The smallest absolute Gasteiger partial charge is 0.329 e. The first-order chi connectivity index (χ1) is 5.55. The van der Waals surface area contributed by atoms with Gasteiger partial charge in [0.2, 0.25) is 0 Å². The third-order valence-corrected chi connectivity index (χ3v) is 1.89. The summed E-state index contributed by atoms with van der Waals surface area (Å²) < 4.78 is 39.8. The van der Waals surface area contributed by atoms with Gasteiger partial charge in [0.1, 0.15) is 5.92 Å². The number of nitrogens with two attached hydrogens (primary N) is 1. The molecule has 1 aromatic rings. The minimum atomic E-state index is -4.33. The van der Waals surface area contributed by atoms with Crippen LogP contribution in [0.5, 0.6) is 0 Å². The lowest BCUT2D eigenvalue weighted by atomic mass is 10.1. The Balaban J connectivity index is 2.84. The molecule has 0 saturated carbocycles. The van der Waals surface area contributed by atoms with Gasteiger partial charge in [-0.05, 0) is 11.5 Å². The summed E-state index contributed by atoms with van der Waals surface area (Å²) in [6.07, 6.45) is -4.33. The molecule has 0 aliphatic rings. The first-order valence-electron chi connectivity index (χ1n) is 3.09. The van der Waals surface area contributed by atoms with E-state index >= 15 is 0 Å². The maximum atomic E-state index is 12.1. The zero-order chi connectivity index (χ0) is 9.19. The van der Waals surface area contributed by atoms with Gasteiger partial charge in [0.05, 0.1) is 5.69 Å². The molecule has 7 heteroatoms. The summed E-state index contributed by atoms with van der Waals surface area (Å²) in [5.74, 6) is -1.68. The molecule has 0 aliphatic carbocycles. The monoisotopic (exact) mass is 197 g/mol.